The summed E-state index contributed by atoms with van der Waals surface area (Å²) in [5.41, 5.74) is 0.612. The average molecular weight is 440 g/mol. The third-order valence-electron chi connectivity index (χ3n) is 4.47. The Bertz CT molecular complexity index is 1090. The number of pyridine rings is 1. The summed E-state index contributed by atoms with van der Waals surface area (Å²) in [5, 5.41) is 10.8. The van der Waals surface area contributed by atoms with Crippen LogP contribution in [-0.4, -0.2) is 41.3 Å². The highest BCUT2D eigenvalue weighted by Gasteiger charge is 2.25. The summed E-state index contributed by atoms with van der Waals surface area (Å²) >= 11 is 0. The van der Waals surface area contributed by atoms with E-state index in [0.29, 0.717) is 17.2 Å². The molecule has 1 amide bonds. The van der Waals surface area contributed by atoms with Crippen LogP contribution < -0.4 is 19.5 Å². The Balaban J connectivity index is 1.78. The van der Waals surface area contributed by atoms with Crippen LogP contribution in [0.3, 0.4) is 0 Å². The fourth-order valence-corrected chi connectivity index (χ4v) is 2.66. The number of aromatic nitrogens is 3. The van der Waals surface area contributed by atoms with Crippen LogP contribution in [0, 0.1) is 5.92 Å². The minimum Gasteiger partial charge on any atom is -0.497 e. The second kappa shape index (κ2) is 9.90. The molecular weight excluding hydrogens is 416 g/mol. The summed E-state index contributed by atoms with van der Waals surface area (Å²) < 4.78 is 21.4. The van der Waals surface area contributed by atoms with E-state index in [4.69, 9.17) is 18.6 Å². The summed E-state index contributed by atoms with van der Waals surface area (Å²) in [4.78, 5) is 29.1. The Labute approximate surface area is 184 Å². The predicted molar refractivity (Wildman–Crippen MR) is 113 cm³/mol. The number of ether oxygens (including phenoxy) is 3. The maximum atomic E-state index is 12.9. The van der Waals surface area contributed by atoms with Gasteiger partial charge in [-0.1, -0.05) is 13.8 Å². The number of methoxy groups -OCH3 is 2. The maximum absolute atomic E-state index is 12.9. The van der Waals surface area contributed by atoms with Crippen molar-refractivity contribution >= 4 is 11.9 Å². The maximum Gasteiger partial charge on any atom is 0.313 e. The van der Waals surface area contributed by atoms with E-state index in [-0.39, 0.29) is 23.1 Å². The SMILES string of the molecule is COc1ccc(-c2nnc([C@H](C)NC(=O)c3nccc(OC)c3OC(=O)C(C)C)o2)cc1. The molecule has 0 aliphatic rings. The number of amides is 1. The summed E-state index contributed by atoms with van der Waals surface area (Å²) in [6, 6.07) is 7.99. The molecule has 1 N–H and O–H groups in total. The van der Waals surface area contributed by atoms with Crippen molar-refractivity contribution in [1.29, 1.82) is 0 Å². The highest BCUT2D eigenvalue weighted by Crippen LogP contribution is 2.31. The number of hydrogen-bond acceptors (Lipinski definition) is 9. The number of hydrogen-bond donors (Lipinski definition) is 1. The molecule has 0 saturated heterocycles. The second-order valence-electron chi connectivity index (χ2n) is 7.14. The van der Waals surface area contributed by atoms with Crippen LogP contribution in [0.5, 0.6) is 17.2 Å². The first-order valence-electron chi connectivity index (χ1n) is 9.87. The van der Waals surface area contributed by atoms with Crippen molar-refractivity contribution in [3.05, 3.63) is 48.1 Å². The van der Waals surface area contributed by atoms with Crippen LogP contribution in [0.15, 0.2) is 40.9 Å². The molecule has 168 valence electrons. The molecule has 0 saturated carbocycles. The smallest absolute Gasteiger partial charge is 0.313 e. The third-order valence-corrected chi connectivity index (χ3v) is 4.47. The normalized spacial score (nSPS) is 11.7. The molecule has 3 rings (SSSR count). The number of nitrogens with one attached hydrogen (secondary N) is 1. The van der Waals surface area contributed by atoms with Crippen molar-refractivity contribution in [3.63, 3.8) is 0 Å². The summed E-state index contributed by atoms with van der Waals surface area (Å²) in [6.07, 6.45) is 1.39. The topological polar surface area (TPSA) is 126 Å². The molecule has 0 aliphatic heterocycles. The average Bonchev–Trinajstić information content (AvgIpc) is 3.29. The quantitative estimate of drug-likeness (QED) is 0.525. The van der Waals surface area contributed by atoms with Gasteiger partial charge in [0.2, 0.25) is 17.5 Å². The molecule has 2 heterocycles. The molecule has 10 heteroatoms. The van der Waals surface area contributed by atoms with Gasteiger partial charge in [0, 0.05) is 17.8 Å². The van der Waals surface area contributed by atoms with Crippen molar-refractivity contribution in [2.45, 2.75) is 26.8 Å². The minimum absolute atomic E-state index is 0.0529. The standard InChI is InChI=1S/C22H24N4O6/c1-12(2)22(28)31-18-16(30-5)10-11-23-17(18)19(27)24-13(3)20-25-26-21(32-20)14-6-8-15(29-4)9-7-14/h6-13H,1-5H3,(H,24,27)/t13-/m0/s1. The second-order valence-corrected chi connectivity index (χ2v) is 7.14. The van der Waals surface area contributed by atoms with Gasteiger partial charge in [-0.3, -0.25) is 9.59 Å². The van der Waals surface area contributed by atoms with Gasteiger partial charge in [0.25, 0.3) is 5.91 Å². The largest absolute Gasteiger partial charge is 0.497 e. The van der Waals surface area contributed by atoms with Crippen molar-refractivity contribution in [2.75, 3.05) is 14.2 Å². The number of carbonyl (C=O) groups excluding carboxylic acids is 2. The Morgan fingerprint density at radius 3 is 2.34 bits per heavy atom. The van der Waals surface area contributed by atoms with Crippen LogP contribution in [-0.2, 0) is 4.79 Å². The van der Waals surface area contributed by atoms with E-state index < -0.39 is 23.8 Å². The Morgan fingerprint density at radius 1 is 1.00 bits per heavy atom. The van der Waals surface area contributed by atoms with Gasteiger partial charge >= 0.3 is 5.97 Å². The molecule has 0 radical (unpaired) electrons. The number of benzene rings is 1. The summed E-state index contributed by atoms with van der Waals surface area (Å²) in [7, 11) is 2.99. The monoisotopic (exact) mass is 440 g/mol. The number of nitrogens with zero attached hydrogens (tertiary/aromatic N) is 3. The lowest BCUT2D eigenvalue weighted by molar-refractivity contribution is -0.137. The zero-order valence-electron chi connectivity index (χ0n) is 18.4. The zero-order chi connectivity index (χ0) is 23.3. The molecule has 0 unspecified atom stereocenters. The van der Waals surface area contributed by atoms with Crippen LogP contribution in [0.25, 0.3) is 11.5 Å². The van der Waals surface area contributed by atoms with Gasteiger partial charge in [0.15, 0.2) is 11.4 Å². The molecule has 32 heavy (non-hydrogen) atoms. The van der Waals surface area contributed by atoms with E-state index in [2.05, 4.69) is 20.5 Å². The highest BCUT2D eigenvalue weighted by molar-refractivity contribution is 5.96. The van der Waals surface area contributed by atoms with Crippen molar-refractivity contribution in [1.82, 2.24) is 20.5 Å². The van der Waals surface area contributed by atoms with E-state index in [1.807, 2.05) is 0 Å². The van der Waals surface area contributed by atoms with Gasteiger partial charge in [-0.25, -0.2) is 4.98 Å². The van der Waals surface area contributed by atoms with Gasteiger partial charge in [-0.15, -0.1) is 10.2 Å². The van der Waals surface area contributed by atoms with E-state index in [9.17, 15) is 9.59 Å². The fraction of sp³-hybridized carbons (Fsp3) is 0.318. The van der Waals surface area contributed by atoms with Gasteiger partial charge in [0.1, 0.15) is 11.8 Å². The van der Waals surface area contributed by atoms with Crippen molar-refractivity contribution < 1.29 is 28.2 Å². The van der Waals surface area contributed by atoms with E-state index in [0.717, 1.165) is 0 Å². The first-order chi connectivity index (χ1) is 15.3. The Kier molecular flexibility index (Phi) is 7.04. The molecular formula is C22H24N4O6. The lowest BCUT2D eigenvalue weighted by atomic mass is 10.2. The van der Waals surface area contributed by atoms with Crippen molar-refractivity contribution in [3.8, 4) is 28.7 Å². The zero-order valence-corrected chi connectivity index (χ0v) is 18.4. The van der Waals surface area contributed by atoms with Crippen molar-refractivity contribution in [2.24, 2.45) is 5.92 Å². The number of rotatable bonds is 8. The summed E-state index contributed by atoms with van der Waals surface area (Å²) in [5.74, 6) is -0.137. The van der Waals surface area contributed by atoms with Gasteiger partial charge < -0.3 is 23.9 Å². The molecule has 0 fully saturated rings. The van der Waals surface area contributed by atoms with Gasteiger partial charge in [-0.05, 0) is 31.2 Å². The third kappa shape index (κ3) is 5.02. The number of esters is 1. The molecule has 2 aromatic heterocycles. The summed E-state index contributed by atoms with van der Waals surface area (Å²) in [6.45, 7) is 5.05. The molecule has 3 aromatic rings. The first kappa shape index (κ1) is 22.7. The van der Waals surface area contributed by atoms with E-state index in [1.54, 1.807) is 52.1 Å². The Morgan fingerprint density at radius 2 is 1.72 bits per heavy atom. The van der Waals surface area contributed by atoms with E-state index in [1.165, 1.54) is 19.4 Å². The van der Waals surface area contributed by atoms with Crippen LogP contribution >= 0.6 is 0 Å². The Hall–Kier alpha value is -3.95. The van der Waals surface area contributed by atoms with Crippen LogP contribution in [0.1, 0.15) is 43.2 Å². The molecule has 0 bridgehead atoms. The van der Waals surface area contributed by atoms with Crippen LogP contribution in [0.4, 0.5) is 0 Å². The molecule has 1 aromatic carbocycles. The van der Waals surface area contributed by atoms with Gasteiger partial charge in [-0.2, -0.15) is 0 Å². The highest BCUT2D eigenvalue weighted by atomic mass is 16.6. The van der Waals surface area contributed by atoms with Crippen LogP contribution in [0.2, 0.25) is 0 Å². The lowest BCUT2D eigenvalue weighted by Crippen LogP contribution is -2.29. The molecule has 0 spiro atoms. The number of carbonyl (C=O) groups is 2. The first-order valence-corrected chi connectivity index (χ1v) is 9.87. The fourth-order valence-electron chi connectivity index (χ4n) is 2.66. The predicted octanol–water partition coefficient (Wildman–Crippen LogP) is 3.20. The lowest BCUT2D eigenvalue weighted by Gasteiger charge is -2.15. The van der Waals surface area contributed by atoms with E-state index >= 15 is 0 Å². The molecule has 10 nitrogen and oxygen atoms in total. The molecule has 1 atom stereocenters. The molecule has 0 aliphatic carbocycles. The minimum atomic E-state index is -0.636. The van der Waals surface area contributed by atoms with Gasteiger partial charge in [0.05, 0.1) is 20.1 Å².